The molecule has 1 aromatic heterocycles. The molecule has 3 heterocycles. The Morgan fingerprint density at radius 1 is 1.16 bits per heavy atom. The third-order valence-electron chi connectivity index (χ3n) is 5.83. The van der Waals surface area contributed by atoms with Crippen molar-refractivity contribution >= 4 is 27.3 Å². The average Bonchev–Trinajstić information content (AvgIpc) is 3.15. The van der Waals surface area contributed by atoms with E-state index < -0.39 is 0 Å². The van der Waals surface area contributed by atoms with Gasteiger partial charge in [0.25, 0.3) is 5.91 Å². The number of hydrogen-bond acceptors (Lipinski definition) is 4. The largest absolute Gasteiger partial charge is 0.379 e. The number of morpholine rings is 1. The molecule has 2 aromatic rings. The number of carbonyl (C=O) groups is 1. The van der Waals surface area contributed by atoms with E-state index in [-0.39, 0.29) is 5.91 Å². The van der Waals surface area contributed by atoms with Crippen LogP contribution in [0.4, 0.5) is 0 Å². The lowest BCUT2D eigenvalue weighted by Gasteiger charge is -2.41. The van der Waals surface area contributed by atoms with Crippen LogP contribution in [-0.4, -0.2) is 61.1 Å². The maximum Gasteiger partial charge on any atom is 0.253 e. The summed E-state index contributed by atoms with van der Waals surface area (Å²) in [5, 5.41) is 3.25. The molecule has 25 heavy (non-hydrogen) atoms. The van der Waals surface area contributed by atoms with E-state index in [0.717, 1.165) is 57.8 Å². The second-order valence-corrected chi connectivity index (χ2v) is 8.14. The molecule has 1 aromatic carbocycles. The van der Waals surface area contributed by atoms with E-state index in [2.05, 4.69) is 29.3 Å². The standard InChI is InChI=1S/C20H26N2O2S/c1-15(21-9-11-24-12-10-21)16-4-7-22(8-5-16)20(23)18-2-3-19-17(14-18)6-13-25-19/h2-3,6,13-16H,4-5,7-12H2,1H3. The van der Waals surface area contributed by atoms with Gasteiger partial charge in [-0.25, -0.2) is 0 Å². The van der Waals surface area contributed by atoms with E-state index in [1.54, 1.807) is 11.3 Å². The van der Waals surface area contributed by atoms with E-state index in [1.807, 2.05) is 17.0 Å². The summed E-state index contributed by atoms with van der Waals surface area (Å²) in [6.07, 6.45) is 2.20. The van der Waals surface area contributed by atoms with Crippen molar-refractivity contribution in [3.8, 4) is 0 Å². The van der Waals surface area contributed by atoms with E-state index in [0.29, 0.717) is 12.0 Å². The fraction of sp³-hybridized carbons (Fsp3) is 0.550. The quantitative estimate of drug-likeness (QED) is 0.842. The maximum atomic E-state index is 12.8. The van der Waals surface area contributed by atoms with Gasteiger partial charge in [0.15, 0.2) is 0 Å². The van der Waals surface area contributed by atoms with Gasteiger partial charge in [0.1, 0.15) is 0 Å². The van der Waals surface area contributed by atoms with E-state index >= 15 is 0 Å². The molecule has 0 bridgehead atoms. The third-order valence-corrected chi connectivity index (χ3v) is 6.73. The Bertz CT molecular complexity index is 730. The van der Waals surface area contributed by atoms with Crippen LogP contribution in [0.2, 0.25) is 0 Å². The molecular formula is C20H26N2O2S. The Morgan fingerprint density at radius 2 is 1.92 bits per heavy atom. The minimum absolute atomic E-state index is 0.186. The Labute approximate surface area is 153 Å². The van der Waals surface area contributed by atoms with Crippen molar-refractivity contribution in [3.05, 3.63) is 35.2 Å². The predicted octanol–water partition coefficient (Wildman–Crippen LogP) is 3.47. The highest BCUT2D eigenvalue weighted by Crippen LogP contribution is 2.27. The van der Waals surface area contributed by atoms with Crippen LogP contribution in [0, 0.1) is 5.92 Å². The molecule has 1 unspecified atom stereocenters. The minimum atomic E-state index is 0.186. The van der Waals surface area contributed by atoms with Crippen LogP contribution in [0.1, 0.15) is 30.1 Å². The molecule has 2 saturated heterocycles. The number of fused-ring (bicyclic) bond motifs is 1. The van der Waals surface area contributed by atoms with Crippen molar-refractivity contribution in [2.45, 2.75) is 25.8 Å². The first-order valence-corrected chi connectivity index (χ1v) is 10.2. The van der Waals surface area contributed by atoms with Crippen LogP contribution >= 0.6 is 11.3 Å². The summed E-state index contributed by atoms with van der Waals surface area (Å²) in [5.41, 5.74) is 0.825. The van der Waals surface area contributed by atoms with Crippen LogP contribution in [0.25, 0.3) is 10.1 Å². The van der Waals surface area contributed by atoms with Crippen molar-refractivity contribution in [1.29, 1.82) is 0 Å². The predicted molar refractivity (Wildman–Crippen MR) is 102 cm³/mol. The number of piperidine rings is 1. The zero-order valence-electron chi connectivity index (χ0n) is 14.8. The fourth-order valence-electron chi connectivity index (χ4n) is 4.15. The van der Waals surface area contributed by atoms with Gasteiger partial charge in [-0.05, 0) is 60.7 Å². The Morgan fingerprint density at radius 3 is 2.68 bits per heavy atom. The first-order valence-electron chi connectivity index (χ1n) is 9.31. The van der Waals surface area contributed by atoms with E-state index in [1.165, 1.54) is 10.1 Å². The average molecular weight is 359 g/mol. The van der Waals surface area contributed by atoms with Crippen molar-refractivity contribution < 1.29 is 9.53 Å². The molecule has 5 heteroatoms. The minimum Gasteiger partial charge on any atom is -0.379 e. The summed E-state index contributed by atoms with van der Waals surface area (Å²) >= 11 is 1.72. The van der Waals surface area contributed by atoms with Crippen LogP contribution in [0.5, 0.6) is 0 Å². The summed E-state index contributed by atoms with van der Waals surface area (Å²) < 4.78 is 6.71. The molecule has 1 amide bonds. The Kier molecular flexibility index (Phi) is 5.06. The summed E-state index contributed by atoms with van der Waals surface area (Å²) in [5.74, 6) is 0.868. The molecule has 0 N–H and O–H groups in total. The molecule has 0 radical (unpaired) electrons. The monoisotopic (exact) mass is 358 g/mol. The van der Waals surface area contributed by atoms with E-state index in [4.69, 9.17) is 4.74 Å². The molecule has 4 rings (SSSR count). The molecule has 0 saturated carbocycles. The van der Waals surface area contributed by atoms with Crippen molar-refractivity contribution in [1.82, 2.24) is 9.80 Å². The van der Waals surface area contributed by atoms with Crippen molar-refractivity contribution in [2.75, 3.05) is 39.4 Å². The van der Waals surface area contributed by atoms with Gasteiger partial charge in [0.05, 0.1) is 13.2 Å². The van der Waals surface area contributed by atoms with Gasteiger partial charge in [-0.1, -0.05) is 0 Å². The molecule has 134 valence electrons. The Hall–Kier alpha value is -1.43. The molecule has 2 aliphatic rings. The third kappa shape index (κ3) is 3.59. The number of likely N-dealkylation sites (tertiary alicyclic amines) is 1. The highest BCUT2D eigenvalue weighted by molar-refractivity contribution is 7.17. The van der Waals surface area contributed by atoms with Gasteiger partial charge < -0.3 is 9.64 Å². The number of amides is 1. The second-order valence-electron chi connectivity index (χ2n) is 7.19. The van der Waals surface area contributed by atoms with Crippen LogP contribution in [-0.2, 0) is 4.74 Å². The fourth-order valence-corrected chi connectivity index (χ4v) is 4.92. The van der Waals surface area contributed by atoms with Gasteiger partial charge >= 0.3 is 0 Å². The van der Waals surface area contributed by atoms with Crippen LogP contribution < -0.4 is 0 Å². The van der Waals surface area contributed by atoms with Gasteiger partial charge in [-0.15, -0.1) is 11.3 Å². The summed E-state index contributed by atoms with van der Waals surface area (Å²) in [6.45, 7) is 7.89. The topological polar surface area (TPSA) is 32.8 Å². The number of carbonyl (C=O) groups excluding carboxylic acids is 1. The van der Waals surface area contributed by atoms with Crippen LogP contribution in [0.15, 0.2) is 29.6 Å². The Balaban J connectivity index is 1.36. The number of hydrogen-bond donors (Lipinski definition) is 0. The van der Waals surface area contributed by atoms with E-state index in [9.17, 15) is 4.79 Å². The number of thiophene rings is 1. The number of nitrogens with zero attached hydrogens (tertiary/aromatic N) is 2. The normalized spacial score (nSPS) is 21.6. The zero-order valence-corrected chi connectivity index (χ0v) is 15.6. The molecule has 2 aliphatic heterocycles. The van der Waals surface area contributed by atoms with Gasteiger partial charge in [0.2, 0.25) is 0 Å². The molecule has 4 nitrogen and oxygen atoms in total. The molecule has 0 spiro atoms. The lowest BCUT2D eigenvalue weighted by atomic mass is 9.89. The van der Waals surface area contributed by atoms with Gasteiger partial charge in [-0.3, -0.25) is 9.69 Å². The van der Waals surface area contributed by atoms with Crippen molar-refractivity contribution in [3.63, 3.8) is 0 Å². The number of benzene rings is 1. The first-order chi connectivity index (χ1) is 12.2. The van der Waals surface area contributed by atoms with Crippen molar-refractivity contribution in [2.24, 2.45) is 5.92 Å². The molecular weight excluding hydrogens is 332 g/mol. The lowest BCUT2D eigenvalue weighted by Crippen LogP contribution is -2.49. The highest BCUT2D eigenvalue weighted by Gasteiger charge is 2.30. The second kappa shape index (κ2) is 7.44. The summed E-state index contributed by atoms with van der Waals surface area (Å²) in [4.78, 5) is 17.4. The van der Waals surface area contributed by atoms with Crippen LogP contribution in [0.3, 0.4) is 0 Å². The smallest absolute Gasteiger partial charge is 0.253 e. The maximum absolute atomic E-state index is 12.8. The summed E-state index contributed by atoms with van der Waals surface area (Å²) in [6, 6.07) is 8.76. The zero-order chi connectivity index (χ0) is 17.2. The first kappa shape index (κ1) is 17.0. The molecule has 2 fully saturated rings. The lowest BCUT2D eigenvalue weighted by molar-refractivity contribution is -0.000949. The molecule has 0 aliphatic carbocycles. The van der Waals surface area contributed by atoms with Gasteiger partial charge in [-0.2, -0.15) is 0 Å². The molecule has 1 atom stereocenters. The highest BCUT2D eigenvalue weighted by atomic mass is 32.1. The van der Waals surface area contributed by atoms with Gasteiger partial charge in [0, 0.05) is 42.5 Å². The number of ether oxygens (including phenoxy) is 1. The SMILES string of the molecule is CC(C1CCN(C(=O)c2ccc3sccc3c2)CC1)N1CCOCC1. The number of rotatable bonds is 3. The summed E-state index contributed by atoms with van der Waals surface area (Å²) in [7, 11) is 0.